The summed E-state index contributed by atoms with van der Waals surface area (Å²) in [7, 11) is 3.96. The standard InChI is InChI=1S/C15H23N3O.2ClH/c1-18(2)14-8-4-3-7-13(14)17-15(19)10-9-12-6-5-11-16-12;;/h3-4,7-8,12,16H,5-6,9-11H2,1-2H3,(H,17,19);2*1H. The maximum Gasteiger partial charge on any atom is 0.224 e. The Hall–Kier alpha value is -0.970. The van der Waals surface area contributed by atoms with Crippen molar-refractivity contribution >= 4 is 42.1 Å². The Morgan fingerprint density at radius 2 is 2.05 bits per heavy atom. The van der Waals surface area contributed by atoms with E-state index in [-0.39, 0.29) is 30.7 Å². The number of hydrogen-bond acceptors (Lipinski definition) is 3. The maximum atomic E-state index is 12.0. The third-order valence-corrected chi connectivity index (χ3v) is 3.54. The van der Waals surface area contributed by atoms with Crippen LogP contribution in [0.1, 0.15) is 25.7 Å². The highest BCUT2D eigenvalue weighted by Gasteiger charge is 2.15. The summed E-state index contributed by atoms with van der Waals surface area (Å²) in [4.78, 5) is 14.0. The van der Waals surface area contributed by atoms with Crippen LogP contribution in [0.3, 0.4) is 0 Å². The predicted octanol–water partition coefficient (Wildman–Crippen LogP) is 3.07. The van der Waals surface area contributed by atoms with Gasteiger partial charge in [-0.25, -0.2) is 0 Å². The SMILES string of the molecule is CN(C)c1ccccc1NC(=O)CCC1CCCN1.Cl.Cl. The van der Waals surface area contributed by atoms with Crippen LogP contribution in [0.2, 0.25) is 0 Å². The Balaban J connectivity index is 0.00000200. The third-order valence-electron chi connectivity index (χ3n) is 3.54. The molecule has 1 aliphatic rings. The van der Waals surface area contributed by atoms with Crippen molar-refractivity contribution < 1.29 is 4.79 Å². The molecule has 1 aliphatic heterocycles. The summed E-state index contributed by atoms with van der Waals surface area (Å²) in [6, 6.07) is 8.40. The van der Waals surface area contributed by atoms with Gasteiger partial charge in [0, 0.05) is 26.6 Å². The van der Waals surface area contributed by atoms with Crippen LogP contribution < -0.4 is 15.5 Å². The summed E-state index contributed by atoms with van der Waals surface area (Å²) in [5, 5.41) is 6.42. The largest absolute Gasteiger partial charge is 0.376 e. The zero-order valence-corrected chi connectivity index (χ0v) is 14.2. The van der Waals surface area contributed by atoms with Crippen molar-refractivity contribution in [1.29, 1.82) is 0 Å². The minimum atomic E-state index is 0. The predicted molar refractivity (Wildman–Crippen MR) is 94.2 cm³/mol. The molecule has 6 heteroatoms. The second kappa shape index (κ2) is 9.87. The number of rotatable bonds is 5. The fraction of sp³-hybridized carbons (Fsp3) is 0.533. The van der Waals surface area contributed by atoms with Crippen LogP contribution in [-0.2, 0) is 4.79 Å². The molecule has 21 heavy (non-hydrogen) atoms. The molecule has 1 atom stereocenters. The van der Waals surface area contributed by atoms with Gasteiger partial charge in [0.1, 0.15) is 0 Å². The second-order valence-electron chi connectivity index (χ2n) is 5.29. The molecule has 1 heterocycles. The van der Waals surface area contributed by atoms with Gasteiger partial charge in [-0.1, -0.05) is 12.1 Å². The number of anilines is 2. The summed E-state index contributed by atoms with van der Waals surface area (Å²) in [5.41, 5.74) is 1.92. The Bertz CT molecular complexity index is 435. The molecular formula is C15H25Cl2N3O. The first-order valence-electron chi connectivity index (χ1n) is 6.96. The molecule has 1 unspecified atom stereocenters. The van der Waals surface area contributed by atoms with Gasteiger partial charge in [-0.3, -0.25) is 4.79 Å². The first-order valence-corrected chi connectivity index (χ1v) is 6.96. The Kier molecular flexibility index (Phi) is 9.42. The molecule has 1 aromatic rings. The Labute approximate surface area is 139 Å². The van der Waals surface area contributed by atoms with E-state index in [0.29, 0.717) is 12.5 Å². The van der Waals surface area contributed by atoms with Gasteiger partial charge in [-0.05, 0) is 37.9 Å². The number of carbonyl (C=O) groups excluding carboxylic acids is 1. The highest BCUT2D eigenvalue weighted by molar-refractivity contribution is 5.94. The Morgan fingerprint density at radius 3 is 2.67 bits per heavy atom. The van der Waals surface area contributed by atoms with Gasteiger partial charge in [0.2, 0.25) is 5.91 Å². The Morgan fingerprint density at radius 1 is 1.33 bits per heavy atom. The topological polar surface area (TPSA) is 44.4 Å². The summed E-state index contributed by atoms with van der Waals surface area (Å²) in [6.07, 6.45) is 3.94. The lowest BCUT2D eigenvalue weighted by Gasteiger charge is -2.18. The monoisotopic (exact) mass is 333 g/mol. The van der Waals surface area contributed by atoms with Gasteiger partial charge in [0.15, 0.2) is 0 Å². The van der Waals surface area contributed by atoms with Crippen molar-refractivity contribution in [3.05, 3.63) is 24.3 Å². The average molecular weight is 334 g/mol. The van der Waals surface area contributed by atoms with E-state index in [4.69, 9.17) is 0 Å². The molecule has 2 rings (SSSR count). The molecule has 4 nitrogen and oxygen atoms in total. The second-order valence-corrected chi connectivity index (χ2v) is 5.29. The van der Waals surface area contributed by atoms with Crippen LogP contribution in [0, 0.1) is 0 Å². The molecule has 0 saturated carbocycles. The third kappa shape index (κ3) is 6.12. The van der Waals surface area contributed by atoms with Crippen LogP contribution in [0.5, 0.6) is 0 Å². The van der Waals surface area contributed by atoms with Crippen molar-refractivity contribution in [1.82, 2.24) is 5.32 Å². The average Bonchev–Trinajstić information content (AvgIpc) is 2.90. The number of hydrogen-bond donors (Lipinski definition) is 2. The van der Waals surface area contributed by atoms with Crippen molar-refractivity contribution in [2.45, 2.75) is 31.7 Å². The van der Waals surface area contributed by atoms with Gasteiger partial charge < -0.3 is 15.5 Å². The van der Waals surface area contributed by atoms with E-state index < -0.39 is 0 Å². The van der Waals surface area contributed by atoms with Crippen molar-refractivity contribution in [2.24, 2.45) is 0 Å². The molecule has 0 bridgehead atoms. The molecule has 2 N–H and O–H groups in total. The van der Waals surface area contributed by atoms with E-state index in [9.17, 15) is 4.79 Å². The molecule has 0 aromatic heterocycles. The van der Waals surface area contributed by atoms with E-state index in [1.54, 1.807) is 0 Å². The van der Waals surface area contributed by atoms with E-state index in [2.05, 4.69) is 10.6 Å². The highest BCUT2D eigenvalue weighted by Crippen LogP contribution is 2.23. The van der Waals surface area contributed by atoms with Crippen molar-refractivity contribution in [2.75, 3.05) is 30.9 Å². The maximum absolute atomic E-state index is 12.0. The van der Waals surface area contributed by atoms with Gasteiger partial charge in [-0.15, -0.1) is 24.8 Å². The molecule has 0 radical (unpaired) electrons. The molecule has 0 spiro atoms. The van der Waals surface area contributed by atoms with Crippen LogP contribution in [0.25, 0.3) is 0 Å². The molecule has 1 saturated heterocycles. The first-order chi connectivity index (χ1) is 9.16. The van der Waals surface area contributed by atoms with E-state index in [1.165, 1.54) is 12.8 Å². The fourth-order valence-electron chi connectivity index (χ4n) is 2.49. The molecule has 0 aliphatic carbocycles. The fourth-order valence-corrected chi connectivity index (χ4v) is 2.49. The molecule has 1 amide bonds. The summed E-state index contributed by atoms with van der Waals surface area (Å²) >= 11 is 0. The van der Waals surface area contributed by atoms with Gasteiger partial charge in [0.25, 0.3) is 0 Å². The number of benzene rings is 1. The number of para-hydroxylation sites is 2. The van der Waals surface area contributed by atoms with Crippen LogP contribution in [0.4, 0.5) is 11.4 Å². The first kappa shape index (κ1) is 20.0. The minimum Gasteiger partial charge on any atom is -0.376 e. The highest BCUT2D eigenvalue weighted by atomic mass is 35.5. The van der Waals surface area contributed by atoms with Crippen molar-refractivity contribution in [3.63, 3.8) is 0 Å². The zero-order chi connectivity index (χ0) is 13.7. The smallest absolute Gasteiger partial charge is 0.224 e. The van der Waals surface area contributed by atoms with E-state index in [1.807, 2.05) is 43.3 Å². The summed E-state index contributed by atoms with van der Waals surface area (Å²) < 4.78 is 0. The van der Waals surface area contributed by atoms with Gasteiger partial charge >= 0.3 is 0 Å². The normalized spacial score (nSPS) is 16.6. The quantitative estimate of drug-likeness (QED) is 0.870. The zero-order valence-electron chi connectivity index (χ0n) is 12.6. The van der Waals surface area contributed by atoms with E-state index >= 15 is 0 Å². The number of carbonyl (C=O) groups is 1. The van der Waals surface area contributed by atoms with Crippen LogP contribution in [-0.4, -0.2) is 32.6 Å². The number of nitrogens with zero attached hydrogens (tertiary/aromatic N) is 1. The van der Waals surface area contributed by atoms with E-state index in [0.717, 1.165) is 24.3 Å². The summed E-state index contributed by atoms with van der Waals surface area (Å²) in [6.45, 7) is 1.09. The number of halogens is 2. The van der Waals surface area contributed by atoms with Gasteiger partial charge in [0.05, 0.1) is 11.4 Å². The summed E-state index contributed by atoms with van der Waals surface area (Å²) in [5.74, 6) is 0.1000. The number of amides is 1. The lowest BCUT2D eigenvalue weighted by molar-refractivity contribution is -0.116. The lowest BCUT2D eigenvalue weighted by atomic mass is 10.1. The molecule has 120 valence electrons. The van der Waals surface area contributed by atoms with Gasteiger partial charge in [-0.2, -0.15) is 0 Å². The van der Waals surface area contributed by atoms with Crippen LogP contribution in [0.15, 0.2) is 24.3 Å². The minimum absolute atomic E-state index is 0. The van der Waals surface area contributed by atoms with Crippen molar-refractivity contribution in [3.8, 4) is 0 Å². The molecule has 1 aromatic carbocycles. The number of nitrogens with one attached hydrogen (secondary N) is 2. The lowest BCUT2D eigenvalue weighted by Crippen LogP contribution is -2.24. The molecule has 1 fully saturated rings. The van der Waals surface area contributed by atoms with Crippen LogP contribution >= 0.6 is 24.8 Å². The molecular weight excluding hydrogens is 309 g/mol.